The Morgan fingerprint density at radius 3 is 2.36 bits per heavy atom. The highest BCUT2D eigenvalue weighted by Gasteiger charge is 2.26. The van der Waals surface area contributed by atoms with Crippen LogP contribution in [0.1, 0.15) is 35.1 Å². The lowest BCUT2D eigenvalue weighted by atomic mass is 9.99. The van der Waals surface area contributed by atoms with Gasteiger partial charge in [0.1, 0.15) is 11.4 Å². The zero-order valence-electron chi connectivity index (χ0n) is 15.3. The number of carboxylic acid groups (broad SMARTS) is 1. The lowest BCUT2D eigenvalue weighted by molar-refractivity contribution is -0.135. The summed E-state index contributed by atoms with van der Waals surface area (Å²) >= 11 is 0. The Hall–Kier alpha value is -2.88. The van der Waals surface area contributed by atoms with E-state index in [1.165, 1.54) is 11.1 Å². The van der Waals surface area contributed by atoms with Gasteiger partial charge in [-0.05, 0) is 60.8 Å². The summed E-state index contributed by atoms with van der Waals surface area (Å²) in [5, 5.41) is 11.4. The molecule has 1 aromatic rings. The van der Waals surface area contributed by atoms with Crippen molar-refractivity contribution in [3.05, 3.63) is 39.4 Å². The van der Waals surface area contributed by atoms with Gasteiger partial charge >= 0.3 is 12.0 Å². The molecule has 10 heteroatoms. The number of aliphatic carboxylic acids is 1. The zero-order valence-corrected chi connectivity index (χ0v) is 16.1. The van der Waals surface area contributed by atoms with Crippen molar-refractivity contribution in [2.24, 2.45) is 10.7 Å². The number of aliphatic imine (C=N–C) groups is 1. The van der Waals surface area contributed by atoms with E-state index in [2.05, 4.69) is 21.1 Å². The number of allylic oxidation sites excluding steroid dienone is 1. The normalized spacial score (nSPS) is 17.8. The van der Waals surface area contributed by atoms with Crippen LogP contribution in [-0.4, -0.2) is 34.1 Å². The summed E-state index contributed by atoms with van der Waals surface area (Å²) in [6.45, 7) is -0.554. The largest absolute Gasteiger partial charge is 0.480 e. The number of urea groups is 1. The Balaban J connectivity index is 1.78. The SMILES string of the molecule is N=S(=O)(NC(=O)Nc1c2c(cc3c1CCC3)CCC2)C(C=NCC(=O)O)=CN. The van der Waals surface area contributed by atoms with Crippen LogP contribution in [-0.2, 0) is 40.4 Å². The topological polar surface area (TPSA) is 158 Å². The summed E-state index contributed by atoms with van der Waals surface area (Å²) in [6.07, 6.45) is 7.59. The average Bonchev–Trinajstić information content (AvgIpc) is 3.26. The molecule has 9 nitrogen and oxygen atoms in total. The number of rotatable bonds is 6. The highest BCUT2D eigenvalue weighted by atomic mass is 32.2. The molecule has 0 bridgehead atoms. The number of nitrogens with zero attached hydrogens (tertiary/aromatic N) is 1. The number of aryl methyl sites for hydroxylation is 2. The van der Waals surface area contributed by atoms with E-state index in [4.69, 9.17) is 15.6 Å². The first-order chi connectivity index (χ1) is 13.3. The van der Waals surface area contributed by atoms with Crippen molar-refractivity contribution in [2.75, 3.05) is 11.9 Å². The van der Waals surface area contributed by atoms with Crippen LogP contribution in [0.25, 0.3) is 0 Å². The van der Waals surface area contributed by atoms with Crippen LogP contribution in [0.4, 0.5) is 10.5 Å². The molecule has 2 aliphatic rings. The molecule has 150 valence electrons. The van der Waals surface area contributed by atoms with Gasteiger partial charge < -0.3 is 16.2 Å². The smallest absolute Gasteiger partial charge is 0.331 e. The van der Waals surface area contributed by atoms with Crippen molar-refractivity contribution < 1.29 is 18.9 Å². The third-order valence-electron chi connectivity index (χ3n) is 4.89. The molecule has 2 aliphatic carbocycles. The molecule has 0 fully saturated rings. The van der Waals surface area contributed by atoms with Crippen molar-refractivity contribution in [2.45, 2.75) is 38.5 Å². The Kier molecular flexibility index (Phi) is 5.68. The van der Waals surface area contributed by atoms with Gasteiger partial charge in [0.05, 0.1) is 0 Å². The molecular formula is C18H23N5O4S. The predicted octanol–water partition coefficient (Wildman–Crippen LogP) is 1.70. The fourth-order valence-electron chi connectivity index (χ4n) is 3.72. The molecule has 1 aromatic carbocycles. The maximum atomic E-state index is 12.6. The number of hydrogen-bond acceptors (Lipinski definition) is 6. The molecule has 1 atom stereocenters. The first-order valence-electron chi connectivity index (χ1n) is 8.99. The first-order valence-corrected chi connectivity index (χ1v) is 10.5. The molecule has 1 unspecified atom stereocenters. The maximum Gasteiger partial charge on any atom is 0.331 e. The molecule has 0 aromatic heterocycles. The number of nitrogens with one attached hydrogen (secondary N) is 3. The molecule has 0 radical (unpaired) electrons. The molecule has 0 heterocycles. The molecule has 0 saturated carbocycles. The second kappa shape index (κ2) is 8.01. The Morgan fingerprint density at radius 1 is 1.21 bits per heavy atom. The quantitative estimate of drug-likeness (QED) is 0.455. The minimum atomic E-state index is -3.79. The van der Waals surface area contributed by atoms with Crippen LogP contribution in [0.2, 0.25) is 0 Å². The third-order valence-corrected chi connectivity index (χ3v) is 6.27. The summed E-state index contributed by atoms with van der Waals surface area (Å²) in [5.74, 6) is -1.18. The van der Waals surface area contributed by atoms with Gasteiger partial charge in [0.2, 0.25) is 0 Å². The summed E-state index contributed by atoms with van der Waals surface area (Å²) in [7, 11) is -3.79. The summed E-state index contributed by atoms with van der Waals surface area (Å²) in [4.78, 5) is 26.3. The van der Waals surface area contributed by atoms with Crippen molar-refractivity contribution in [3.8, 4) is 0 Å². The predicted molar refractivity (Wildman–Crippen MR) is 107 cm³/mol. The molecular weight excluding hydrogens is 382 g/mol. The fraction of sp³-hybridized carbons (Fsp3) is 0.389. The van der Waals surface area contributed by atoms with Crippen LogP contribution in [0.15, 0.2) is 22.2 Å². The second-order valence-corrected chi connectivity index (χ2v) is 8.57. The Morgan fingerprint density at radius 2 is 1.82 bits per heavy atom. The standard InChI is InChI=1S/C18H23N5O4S/c19-8-13(9-21-10-16(24)25)28(20,27)23-18(26)22-17-14-5-1-3-11(14)7-12-4-2-6-15(12)17/h7-9H,1-6,10,19H2,(H,24,25)(H3,20,22,23,26,27). The van der Waals surface area contributed by atoms with Gasteiger partial charge in [0, 0.05) is 18.1 Å². The van der Waals surface area contributed by atoms with E-state index in [1.807, 2.05) is 0 Å². The van der Waals surface area contributed by atoms with E-state index in [9.17, 15) is 13.8 Å². The number of fused-ring (bicyclic) bond motifs is 2. The van der Waals surface area contributed by atoms with Gasteiger partial charge in [-0.3, -0.25) is 9.79 Å². The minimum Gasteiger partial charge on any atom is -0.480 e. The highest BCUT2D eigenvalue weighted by Crippen LogP contribution is 2.38. The Bertz CT molecular complexity index is 950. The summed E-state index contributed by atoms with van der Waals surface area (Å²) in [6, 6.07) is 1.47. The van der Waals surface area contributed by atoms with Crippen LogP contribution in [0, 0.1) is 4.78 Å². The highest BCUT2D eigenvalue weighted by molar-refractivity contribution is 7.95. The van der Waals surface area contributed by atoms with Gasteiger partial charge in [-0.25, -0.2) is 18.5 Å². The molecule has 28 heavy (non-hydrogen) atoms. The second-order valence-electron chi connectivity index (χ2n) is 6.78. The van der Waals surface area contributed by atoms with E-state index in [-0.39, 0.29) is 4.91 Å². The monoisotopic (exact) mass is 405 g/mol. The van der Waals surface area contributed by atoms with Crippen LogP contribution in [0.3, 0.4) is 0 Å². The molecule has 6 N–H and O–H groups in total. The van der Waals surface area contributed by atoms with E-state index in [0.29, 0.717) is 0 Å². The van der Waals surface area contributed by atoms with E-state index < -0.39 is 28.5 Å². The molecule has 0 saturated heterocycles. The van der Waals surface area contributed by atoms with Crippen LogP contribution < -0.4 is 15.8 Å². The van der Waals surface area contributed by atoms with E-state index in [0.717, 1.165) is 67.8 Å². The van der Waals surface area contributed by atoms with Crippen molar-refractivity contribution in [1.82, 2.24) is 4.72 Å². The van der Waals surface area contributed by atoms with Gasteiger partial charge in [-0.15, -0.1) is 0 Å². The zero-order chi connectivity index (χ0) is 20.3. The number of anilines is 1. The first kappa shape index (κ1) is 19.9. The molecule has 0 spiro atoms. The lowest BCUT2D eigenvalue weighted by Crippen LogP contribution is -2.35. The maximum absolute atomic E-state index is 12.6. The van der Waals surface area contributed by atoms with Gasteiger partial charge in [0.15, 0.2) is 9.92 Å². The minimum absolute atomic E-state index is 0.271. The molecule has 2 amide bonds. The van der Waals surface area contributed by atoms with E-state index in [1.54, 1.807) is 0 Å². The van der Waals surface area contributed by atoms with Crippen LogP contribution in [0.5, 0.6) is 0 Å². The van der Waals surface area contributed by atoms with Gasteiger partial charge in [-0.1, -0.05) is 6.07 Å². The number of carboxylic acids is 1. The van der Waals surface area contributed by atoms with Crippen molar-refractivity contribution in [1.29, 1.82) is 4.78 Å². The molecule has 0 aliphatic heterocycles. The molecule has 3 rings (SSSR count). The summed E-state index contributed by atoms with van der Waals surface area (Å²) in [5.41, 5.74) is 10.9. The summed E-state index contributed by atoms with van der Waals surface area (Å²) < 4.78 is 22.6. The number of carbonyl (C=O) groups excluding carboxylic acids is 1. The van der Waals surface area contributed by atoms with Gasteiger partial charge in [0.25, 0.3) is 0 Å². The Labute approximate surface area is 163 Å². The number of amides is 2. The number of carbonyl (C=O) groups is 2. The lowest BCUT2D eigenvalue weighted by Gasteiger charge is -2.17. The number of nitrogens with two attached hydrogens (primary N) is 1. The van der Waals surface area contributed by atoms with E-state index >= 15 is 0 Å². The van der Waals surface area contributed by atoms with Gasteiger partial charge in [-0.2, -0.15) is 0 Å². The van der Waals surface area contributed by atoms with Crippen molar-refractivity contribution >= 4 is 33.8 Å². The third kappa shape index (κ3) is 4.16. The fourth-order valence-corrected chi connectivity index (χ4v) is 4.57. The average molecular weight is 405 g/mol. The van der Waals surface area contributed by atoms with Crippen molar-refractivity contribution in [3.63, 3.8) is 0 Å². The van der Waals surface area contributed by atoms with Crippen LogP contribution >= 0.6 is 0 Å². The number of hydrogen-bond donors (Lipinski definition) is 5. The number of benzene rings is 1.